The van der Waals surface area contributed by atoms with Gasteiger partial charge >= 0.3 is 16.8 Å². The molecule has 0 heterocycles. The van der Waals surface area contributed by atoms with Crippen LogP contribution >= 0.6 is 0 Å². The van der Waals surface area contributed by atoms with Crippen LogP contribution in [-0.2, 0) is 16.8 Å². The quantitative estimate of drug-likeness (QED) is 0.189. The van der Waals surface area contributed by atoms with Crippen LogP contribution in [0.15, 0.2) is 5.34 Å². The molecule has 129 valence electrons. The van der Waals surface area contributed by atoms with E-state index in [1.807, 2.05) is 0 Å². The summed E-state index contributed by atoms with van der Waals surface area (Å²) in [5.74, 6) is 0. The molecule has 0 unspecified atom stereocenters. The molecule has 0 fully saturated rings. The molecule has 0 spiro atoms. The van der Waals surface area contributed by atoms with Gasteiger partial charge in [-0.25, -0.2) is 37.3 Å². The van der Waals surface area contributed by atoms with E-state index >= 15 is 0 Å². The van der Waals surface area contributed by atoms with Gasteiger partial charge in [0, 0.05) is 0 Å². The molecule has 1 radical (unpaired) electrons. The van der Waals surface area contributed by atoms with Gasteiger partial charge in [-0.3, -0.25) is 0 Å². The van der Waals surface area contributed by atoms with E-state index < -0.39 is 20.5 Å². The first-order chi connectivity index (χ1) is 5.41. The Morgan fingerprint density at radius 1 is 0.579 bits per heavy atom. The summed E-state index contributed by atoms with van der Waals surface area (Å²) < 4.78 is 67.9. The predicted octanol–water partition coefficient (Wildman–Crippen LogP) is -8.45. The van der Waals surface area contributed by atoms with Crippen molar-refractivity contribution in [1.82, 2.24) is 30.8 Å². The zero-order chi connectivity index (χ0) is 11.7. The smallest absolute Gasteiger partial charge is 0.444 e. The van der Waals surface area contributed by atoms with Gasteiger partial charge in [0.2, 0.25) is 0 Å². The van der Waals surface area contributed by atoms with E-state index in [0.717, 1.165) is 5.34 Å². The normalized spacial score (nSPS) is 6.95. The van der Waals surface area contributed by atoms with Crippen molar-refractivity contribution < 1.29 is 74.5 Å². The fourth-order valence-electron chi connectivity index (χ4n) is 0. The van der Waals surface area contributed by atoms with Crippen LogP contribution in [0.3, 0.4) is 0 Å². The molecule has 0 amide bonds. The van der Waals surface area contributed by atoms with E-state index in [4.69, 9.17) is 47.4 Å². The van der Waals surface area contributed by atoms with Gasteiger partial charge in [0.1, 0.15) is 0 Å². The van der Waals surface area contributed by atoms with Crippen molar-refractivity contribution in [3.8, 4) is 0 Å². The molecule has 0 aliphatic carbocycles. The minimum absolute atomic E-state index is 0. The molecule has 19 heavy (non-hydrogen) atoms. The zero-order valence-corrected chi connectivity index (χ0v) is 11.7. The Bertz CT molecular complexity index is 102. The van der Waals surface area contributed by atoms with E-state index in [9.17, 15) is 0 Å². The Labute approximate surface area is 121 Å². The van der Waals surface area contributed by atoms with Crippen molar-refractivity contribution in [3.05, 3.63) is 10.1 Å². The van der Waals surface area contributed by atoms with Crippen LogP contribution in [0.2, 0.25) is 0 Å². The molecule has 0 aromatic heterocycles. The molecule has 0 saturated heterocycles. The van der Waals surface area contributed by atoms with Crippen LogP contribution in [0.4, 0.5) is 0 Å². The number of hydrogen-bond acceptors (Lipinski definition) is 16. The molecule has 19 heteroatoms. The average molecular weight is 389 g/mol. The van der Waals surface area contributed by atoms with Crippen molar-refractivity contribution >= 4 is 0 Å². The molecule has 15 N–H and O–H groups in total. The van der Waals surface area contributed by atoms with E-state index in [-0.39, 0.29) is 47.5 Å². The van der Waals surface area contributed by atoms with Crippen LogP contribution < -0.4 is 68.0 Å². The third-order valence-corrected chi connectivity index (χ3v) is 0. The molecule has 0 rings (SSSR count). The first-order valence-electron chi connectivity index (χ1n) is 1.60. The van der Waals surface area contributed by atoms with Gasteiger partial charge in [-0.05, 0) is 0 Å². The summed E-state index contributed by atoms with van der Waals surface area (Å²) in [6.07, 6.45) is 0. The Kier molecular flexibility index (Phi) is 99.8. The number of nitrogens with zero attached hydrogens (tertiary/aromatic N) is 1. The minimum Gasteiger partial charge on any atom is -0.444 e. The Balaban J connectivity index is -0.00000000995. The fourth-order valence-corrected chi connectivity index (χ4v) is 0. The van der Waals surface area contributed by atoms with E-state index in [2.05, 4.69) is 0 Å². The van der Waals surface area contributed by atoms with Gasteiger partial charge < -0.3 is 40.9 Å². The first-order valence-corrected chi connectivity index (χ1v) is 4.07. The van der Waals surface area contributed by atoms with Crippen molar-refractivity contribution in [2.75, 3.05) is 0 Å². The summed E-state index contributed by atoms with van der Waals surface area (Å²) >= 11 is 0. The standard InChI is InChI=1S/2ClHO4.Co.HNO2.5H3N/c2*2-1(3,4)5;;2-1-3;;;;;/h2*(H,2,3,4,5);;(H,2,3);5*1H3/q;;+2;;;;;;/p-3. The summed E-state index contributed by atoms with van der Waals surface area (Å²) in [6.45, 7) is 0. The van der Waals surface area contributed by atoms with Gasteiger partial charge in [0.15, 0.2) is 0 Å². The fraction of sp³-hybridized carbons (Fsp3) is 0. The molecule has 0 aliphatic heterocycles. The summed E-state index contributed by atoms with van der Waals surface area (Å²) in [6, 6.07) is 0. The monoisotopic (exact) mass is 388 g/mol. The zero-order valence-electron chi connectivity index (χ0n) is 9.15. The summed E-state index contributed by atoms with van der Waals surface area (Å²) in [5.41, 5.74) is 0. The van der Waals surface area contributed by atoms with Crippen LogP contribution in [0.5, 0.6) is 0 Å². The van der Waals surface area contributed by atoms with Gasteiger partial charge in [-0.2, -0.15) is 0 Å². The van der Waals surface area contributed by atoms with Crippen LogP contribution in [-0.4, -0.2) is 0 Å². The third kappa shape index (κ3) is 4080000. The minimum atomic E-state index is -4.94. The maximum absolute atomic E-state index is 8.49. The number of hydrogen-bond donors (Lipinski definition) is 5. The van der Waals surface area contributed by atoms with Crippen LogP contribution in [0.25, 0.3) is 0 Å². The van der Waals surface area contributed by atoms with Crippen molar-refractivity contribution in [1.29, 1.82) is 0 Å². The first kappa shape index (κ1) is 61.6. The second-order valence-electron chi connectivity index (χ2n) is 0.830. The van der Waals surface area contributed by atoms with Crippen molar-refractivity contribution in [2.45, 2.75) is 0 Å². The largest absolute Gasteiger partial charge is 2.00 e. The van der Waals surface area contributed by atoms with Gasteiger partial charge in [-0.15, -0.1) is 25.8 Å². The molecule has 0 saturated carbocycles. The molecule has 0 aromatic carbocycles. The molecule has 0 bridgehead atoms. The topological polar surface area (TPSA) is 412 Å². The van der Waals surface area contributed by atoms with E-state index in [1.54, 1.807) is 0 Å². The third-order valence-electron chi connectivity index (χ3n) is 0. The molecule has 0 aromatic rings. The average Bonchev–Trinajstić information content (AvgIpc) is 1.52. The maximum Gasteiger partial charge on any atom is 2.00 e. The Hall–Kier alpha value is -0.0335. The van der Waals surface area contributed by atoms with Gasteiger partial charge in [-0.1, -0.05) is 0 Å². The van der Waals surface area contributed by atoms with Gasteiger partial charge in [0.05, 0.1) is 0 Å². The molecule has 16 nitrogen and oxygen atoms in total. The molecular formula is H15Cl2CoN6O10-. The molecule has 0 aliphatic rings. The Morgan fingerprint density at radius 3 is 0.579 bits per heavy atom. The summed E-state index contributed by atoms with van der Waals surface area (Å²) in [5, 5.41) is 9.00. The molecular weight excluding hydrogens is 374 g/mol. The van der Waals surface area contributed by atoms with Crippen LogP contribution in [0, 0.1) is 30.6 Å². The Morgan fingerprint density at radius 2 is 0.579 bits per heavy atom. The van der Waals surface area contributed by atoms with Crippen LogP contribution in [0.1, 0.15) is 0 Å². The number of halogens is 2. The molecule has 0 atom stereocenters. The van der Waals surface area contributed by atoms with E-state index in [1.165, 1.54) is 0 Å². The second-order valence-corrected chi connectivity index (χ2v) is 2.34. The SMILES string of the molecule is N.N.N.N.N.O=N[O-].[Co+2].[O-][Cl+3]([O-])([O-])[O-].[O-][Cl+3]([O-])([O-])[O-]. The summed E-state index contributed by atoms with van der Waals surface area (Å²) in [7, 11) is -9.89. The van der Waals surface area contributed by atoms with Crippen molar-refractivity contribution in [3.63, 3.8) is 0 Å². The van der Waals surface area contributed by atoms with Gasteiger partial charge in [0.25, 0.3) is 0 Å². The van der Waals surface area contributed by atoms with E-state index in [0.29, 0.717) is 0 Å². The maximum atomic E-state index is 8.49. The second kappa shape index (κ2) is 30.8. The predicted molar refractivity (Wildman–Crippen MR) is 34.3 cm³/mol. The summed E-state index contributed by atoms with van der Waals surface area (Å²) in [4.78, 5) is 8.00. The van der Waals surface area contributed by atoms with Crippen molar-refractivity contribution in [2.24, 2.45) is 5.34 Å². The number of rotatable bonds is 0.